The SMILES string of the molecule is COc1ccccc1C1CC(NCc2cccc(F)c2)C1. The van der Waals surface area contributed by atoms with E-state index >= 15 is 0 Å². The molecular formula is C18H20FNO. The highest BCUT2D eigenvalue weighted by Crippen LogP contribution is 2.40. The lowest BCUT2D eigenvalue weighted by atomic mass is 9.75. The number of ether oxygens (including phenoxy) is 1. The largest absolute Gasteiger partial charge is 0.496 e. The Kier molecular flexibility index (Phi) is 4.20. The predicted molar refractivity (Wildman–Crippen MR) is 82.0 cm³/mol. The van der Waals surface area contributed by atoms with E-state index in [1.54, 1.807) is 19.2 Å². The third-order valence-corrected chi connectivity index (χ3v) is 4.20. The fourth-order valence-corrected chi connectivity index (χ4v) is 2.95. The van der Waals surface area contributed by atoms with Gasteiger partial charge >= 0.3 is 0 Å². The Hall–Kier alpha value is -1.87. The molecule has 0 radical (unpaired) electrons. The fourth-order valence-electron chi connectivity index (χ4n) is 2.95. The van der Waals surface area contributed by atoms with E-state index in [0.717, 1.165) is 30.7 Å². The van der Waals surface area contributed by atoms with Gasteiger partial charge in [-0.25, -0.2) is 4.39 Å². The Bertz CT molecular complexity index is 608. The van der Waals surface area contributed by atoms with Crippen LogP contribution < -0.4 is 10.1 Å². The van der Waals surface area contributed by atoms with Crippen LogP contribution in [0.4, 0.5) is 4.39 Å². The lowest BCUT2D eigenvalue weighted by molar-refractivity contribution is 0.282. The highest BCUT2D eigenvalue weighted by molar-refractivity contribution is 5.37. The van der Waals surface area contributed by atoms with Crippen LogP contribution >= 0.6 is 0 Å². The molecule has 3 rings (SSSR count). The van der Waals surface area contributed by atoms with Gasteiger partial charge in [0.25, 0.3) is 0 Å². The van der Waals surface area contributed by atoms with Crippen LogP contribution in [-0.2, 0) is 6.54 Å². The minimum atomic E-state index is -0.171. The van der Waals surface area contributed by atoms with E-state index in [9.17, 15) is 4.39 Å². The maximum Gasteiger partial charge on any atom is 0.123 e. The number of para-hydroxylation sites is 1. The average molecular weight is 285 g/mol. The van der Waals surface area contributed by atoms with Gasteiger partial charge in [-0.15, -0.1) is 0 Å². The second-order valence-electron chi connectivity index (χ2n) is 5.62. The summed E-state index contributed by atoms with van der Waals surface area (Å²) >= 11 is 0. The van der Waals surface area contributed by atoms with Gasteiger partial charge in [0.05, 0.1) is 7.11 Å². The molecule has 0 saturated heterocycles. The number of rotatable bonds is 5. The first-order valence-electron chi connectivity index (χ1n) is 7.37. The van der Waals surface area contributed by atoms with Crippen LogP contribution in [0.3, 0.4) is 0 Å². The molecule has 1 aliphatic carbocycles. The summed E-state index contributed by atoms with van der Waals surface area (Å²) in [6, 6.07) is 15.5. The maximum absolute atomic E-state index is 13.1. The molecular weight excluding hydrogens is 265 g/mol. The minimum absolute atomic E-state index is 0.171. The van der Waals surface area contributed by atoms with Crippen molar-refractivity contribution in [3.05, 3.63) is 65.5 Å². The molecule has 0 aliphatic heterocycles. The molecule has 2 aromatic carbocycles. The summed E-state index contributed by atoms with van der Waals surface area (Å²) in [6.45, 7) is 0.723. The van der Waals surface area contributed by atoms with Crippen LogP contribution in [0.15, 0.2) is 48.5 Å². The lowest BCUT2D eigenvalue weighted by Gasteiger charge is -2.37. The smallest absolute Gasteiger partial charge is 0.123 e. The monoisotopic (exact) mass is 285 g/mol. The number of halogens is 1. The van der Waals surface area contributed by atoms with E-state index < -0.39 is 0 Å². The number of hydrogen-bond donors (Lipinski definition) is 1. The first-order valence-corrected chi connectivity index (χ1v) is 7.37. The van der Waals surface area contributed by atoms with Crippen molar-refractivity contribution in [1.29, 1.82) is 0 Å². The van der Waals surface area contributed by atoms with E-state index in [1.165, 1.54) is 11.6 Å². The van der Waals surface area contributed by atoms with E-state index in [1.807, 2.05) is 18.2 Å². The molecule has 0 bridgehead atoms. The second kappa shape index (κ2) is 6.27. The van der Waals surface area contributed by atoms with Crippen LogP contribution in [-0.4, -0.2) is 13.2 Å². The number of nitrogens with one attached hydrogen (secondary N) is 1. The van der Waals surface area contributed by atoms with Crippen LogP contribution in [0.1, 0.15) is 29.9 Å². The van der Waals surface area contributed by atoms with Gasteiger partial charge in [-0.05, 0) is 48.1 Å². The summed E-state index contributed by atoms with van der Waals surface area (Å²) in [5.74, 6) is 1.37. The Morgan fingerprint density at radius 2 is 1.95 bits per heavy atom. The second-order valence-corrected chi connectivity index (χ2v) is 5.62. The quantitative estimate of drug-likeness (QED) is 0.900. The standard InChI is InChI=1S/C18H20FNO/c1-21-18-8-3-2-7-17(18)14-10-16(11-14)20-12-13-5-4-6-15(19)9-13/h2-9,14,16,20H,10-12H2,1H3. The van der Waals surface area contributed by atoms with Crippen molar-refractivity contribution < 1.29 is 9.13 Å². The normalized spacial score (nSPS) is 20.9. The molecule has 0 heterocycles. The van der Waals surface area contributed by atoms with Crippen molar-refractivity contribution in [2.24, 2.45) is 0 Å². The zero-order valence-electron chi connectivity index (χ0n) is 12.2. The molecule has 1 fully saturated rings. The molecule has 0 aromatic heterocycles. The van der Waals surface area contributed by atoms with Crippen molar-refractivity contribution in [1.82, 2.24) is 5.32 Å². The van der Waals surface area contributed by atoms with Gasteiger partial charge in [0.1, 0.15) is 11.6 Å². The zero-order chi connectivity index (χ0) is 14.7. The van der Waals surface area contributed by atoms with Crippen molar-refractivity contribution in [2.75, 3.05) is 7.11 Å². The molecule has 2 nitrogen and oxygen atoms in total. The van der Waals surface area contributed by atoms with Crippen molar-refractivity contribution in [2.45, 2.75) is 31.3 Å². The highest BCUT2D eigenvalue weighted by atomic mass is 19.1. The number of methoxy groups -OCH3 is 1. The Labute approximate surface area is 125 Å². The molecule has 0 unspecified atom stereocenters. The topological polar surface area (TPSA) is 21.3 Å². The zero-order valence-corrected chi connectivity index (χ0v) is 12.2. The molecule has 3 heteroatoms. The van der Waals surface area contributed by atoms with Crippen LogP contribution in [0.25, 0.3) is 0 Å². The molecule has 2 aromatic rings. The summed E-state index contributed by atoms with van der Waals surface area (Å²) in [5.41, 5.74) is 2.29. The van der Waals surface area contributed by atoms with Crippen molar-refractivity contribution >= 4 is 0 Å². The first kappa shape index (κ1) is 14.1. The fraction of sp³-hybridized carbons (Fsp3) is 0.333. The molecule has 21 heavy (non-hydrogen) atoms. The van der Waals surface area contributed by atoms with Gasteiger partial charge < -0.3 is 10.1 Å². The molecule has 0 spiro atoms. The van der Waals surface area contributed by atoms with Crippen LogP contribution in [0.2, 0.25) is 0 Å². The van der Waals surface area contributed by atoms with E-state index in [2.05, 4.69) is 17.4 Å². The van der Waals surface area contributed by atoms with E-state index in [-0.39, 0.29) is 5.82 Å². The minimum Gasteiger partial charge on any atom is -0.496 e. The van der Waals surface area contributed by atoms with E-state index in [4.69, 9.17) is 4.74 Å². The Morgan fingerprint density at radius 1 is 1.14 bits per heavy atom. The van der Waals surface area contributed by atoms with Crippen LogP contribution in [0, 0.1) is 5.82 Å². The third kappa shape index (κ3) is 3.24. The van der Waals surface area contributed by atoms with Gasteiger partial charge in [0.15, 0.2) is 0 Å². The summed E-state index contributed by atoms with van der Waals surface area (Å²) < 4.78 is 18.5. The van der Waals surface area contributed by atoms with Gasteiger partial charge in [0, 0.05) is 12.6 Å². The van der Waals surface area contributed by atoms with Crippen molar-refractivity contribution in [3.8, 4) is 5.75 Å². The molecule has 1 saturated carbocycles. The summed E-state index contributed by atoms with van der Waals surface area (Å²) in [5, 5.41) is 3.49. The van der Waals surface area contributed by atoms with Crippen molar-refractivity contribution in [3.63, 3.8) is 0 Å². The van der Waals surface area contributed by atoms with E-state index in [0.29, 0.717) is 12.0 Å². The van der Waals surface area contributed by atoms with Gasteiger partial charge in [-0.3, -0.25) is 0 Å². The van der Waals surface area contributed by atoms with Crippen LogP contribution in [0.5, 0.6) is 5.75 Å². The number of hydrogen-bond acceptors (Lipinski definition) is 2. The molecule has 110 valence electrons. The Morgan fingerprint density at radius 3 is 2.71 bits per heavy atom. The molecule has 0 atom stereocenters. The highest BCUT2D eigenvalue weighted by Gasteiger charge is 2.31. The predicted octanol–water partition coefficient (Wildman–Crippen LogP) is 3.87. The molecule has 1 aliphatic rings. The van der Waals surface area contributed by atoms with Gasteiger partial charge in [-0.1, -0.05) is 30.3 Å². The summed E-state index contributed by atoms with van der Waals surface area (Å²) in [7, 11) is 1.72. The summed E-state index contributed by atoms with van der Waals surface area (Å²) in [6.07, 6.45) is 2.21. The Balaban J connectivity index is 1.52. The summed E-state index contributed by atoms with van der Waals surface area (Å²) in [4.78, 5) is 0. The molecule has 1 N–H and O–H groups in total. The number of benzene rings is 2. The maximum atomic E-state index is 13.1. The first-order chi connectivity index (χ1) is 10.3. The van der Waals surface area contributed by atoms with Gasteiger partial charge in [0.2, 0.25) is 0 Å². The third-order valence-electron chi connectivity index (χ3n) is 4.20. The average Bonchev–Trinajstić information content (AvgIpc) is 2.46. The lowest BCUT2D eigenvalue weighted by Crippen LogP contribution is -2.39. The molecule has 0 amide bonds. The van der Waals surface area contributed by atoms with Gasteiger partial charge in [-0.2, -0.15) is 0 Å².